The molecule has 2 aliphatic heterocycles. The van der Waals surface area contributed by atoms with Crippen molar-refractivity contribution in [3.8, 4) is 0 Å². The number of nitrogens with one attached hydrogen (secondary N) is 1. The third-order valence-electron chi connectivity index (χ3n) is 5.24. The predicted octanol–water partition coefficient (Wildman–Crippen LogP) is 0.757. The molecule has 2 amide bonds. The molecule has 3 fully saturated rings. The van der Waals surface area contributed by atoms with E-state index in [1.54, 1.807) is 4.90 Å². The van der Waals surface area contributed by atoms with E-state index in [0.29, 0.717) is 18.9 Å². The summed E-state index contributed by atoms with van der Waals surface area (Å²) in [4.78, 5) is 37.3. The van der Waals surface area contributed by atoms with Gasteiger partial charge in [0.15, 0.2) is 0 Å². The van der Waals surface area contributed by atoms with Gasteiger partial charge in [-0.2, -0.15) is 0 Å². The zero-order valence-electron chi connectivity index (χ0n) is 12.1. The van der Waals surface area contributed by atoms with Crippen molar-refractivity contribution in [3.63, 3.8) is 0 Å². The van der Waals surface area contributed by atoms with E-state index in [1.807, 2.05) is 0 Å². The zero-order valence-corrected chi connectivity index (χ0v) is 12.1. The molecule has 3 rings (SSSR count). The Hall–Kier alpha value is -1.59. The van der Waals surface area contributed by atoms with Gasteiger partial charge in [0.1, 0.15) is 6.04 Å². The lowest BCUT2D eigenvalue weighted by Gasteiger charge is -2.47. The number of nitrogens with zero attached hydrogens (tertiary/aromatic N) is 1. The average Bonchev–Trinajstić information content (AvgIpc) is 2.91. The van der Waals surface area contributed by atoms with Crippen molar-refractivity contribution >= 4 is 17.8 Å². The van der Waals surface area contributed by atoms with Crippen LogP contribution in [0, 0.1) is 11.8 Å². The number of hydrogen-bond acceptors (Lipinski definition) is 3. The summed E-state index contributed by atoms with van der Waals surface area (Å²) in [6.45, 7) is 0.345. The number of piperidine rings is 1. The van der Waals surface area contributed by atoms with Gasteiger partial charge in [0.05, 0.1) is 5.92 Å². The highest BCUT2D eigenvalue weighted by Gasteiger charge is 2.46. The number of aliphatic carboxylic acids is 1. The van der Waals surface area contributed by atoms with E-state index in [1.165, 1.54) is 6.42 Å². The van der Waals surface area contributed by atoms with Crippen molar-refractivity contribution in [1.29, 1.82) is 0 Å². The summed E-state index contributed by atoms with van der Waals surface area (Å²) in [5, 5.41) is 12.1. The molecule has 0 radical (unpaired) electrons. The first-order valence-corrected chi connectivity index (χ1v) is 7.89. The van der Waals surface area contributed by atoms with Crippen LogP contribution in [-0.2, 0) is 14.4 Å². The lowest BCUT2D eigenvalue weighted by molar-refractivity contribution is -0.160. The molecule has 3 aliphatic rings. The van der Waals surface area contributed by atoms with Crippen LogP contribution in [0.5, 0.6) is 0 Å². The van der Waals surface area contributed by atoms with Crippen LogP contribution in [-0.4, -0.2) is 46.4 Å². The quantitative estimate of drug-likeness (QED) is 0.787. The Kier molecular flexibility index (Phi) is 3.87. The highest BCUT2D eigenvalue weighted by atomic mass is 16.4. The molecule has 0 bridgehead atoms. The first-order valence-electron chi connectivity index (χ1n) is 7.89. The van der Waals surface area contributed by atoms with Crippen molar-refractivity contribution in [2.45, 2.75) is 57.0 Å². The van der Waals surface area contributed by atoms with E-state index in [4.69, 9.17) is 0 Å². The van der Waals surface area contributed by atoms with Gasteiger partial charge in [0, 0.05) is 19.0 Å². The smallest absolute Gasteiger partial charge is 0.326 e. The molecule has 4 unspecified atom stereocenters. The van der Waals surface area contributed by atoms with E-state index in [9.17, 15) is 19.5 Å². The Balaban J connectivity index is 1.83. The first kappa shape index (κ1) is 14.4. The van der Waals surface area contributed by atoms with Gasteiger partial charge in [-0.25, -0.2) is 4.79 Å². The third-order valence-corrected chi connectivity index (χ3v) is 5.24. The highest BCUT2D eigenvalue weighted by Crippen LogP contribution is 2.39. The molecule has 6 nitrogen and oxygen atoms in total. The van der Waals surface area contributed by atoms with Crippen molar-refractivity contribution in [3.05, 3.63) is 0 Å². The van der Waals surface area contributed by atoms with Crippen LogP contribution >= 0.6 is 0 Å². The van der Waals surface area contributed by atoms with Crippen LogP contribution < -0.4 is 5.32 Å². The zero-order chi connectivity index (χ0) is 15.0. The molecule has 1 saturated carbocycles. The van der Waals surface area contributed by atoms with Crippen molar-refractivity contribution < 1.29 is 19.5 Å². The van der Waals surface area contributed by atoms with Crippen molar-refractivity contribution in [2.75, 3.05) is 6.54 Å². The Labute approximate surface area is 123 Å². The lowest BCUT2D eigenvalue weighted by Crippen LogP contribution is -2.59. The maximum atomic E-state index is 12.8. The molecule has 6 heteroatoms. The molecule has 4 atom stereocenters. The van der Waals surface area contributed by atoms with E-state index in [2.05, 4.69) is 5.32 Å². The van der Waals surface area contributed by atoms with Crippen LogP contribution in [0.2, 0.25) is 0 Å². The number of likely N-dealkylation sites (tertiary alicyclic amines) is 1. The minimum atomic E-state index is -0.912. The van der Waals surface area contributed by atoms with Crippen LogP contribution in [0.3, 0.4) is 0 Å². The predicted molar refractivity (Wildman–Crippen MR) is 74.4 cm³/mol. The highest BCUT2D eigenvalue weighted by molar-refractivity contribution is 5.91. The van der Waals surface area contributed by atoms with Crippen molar-refractivity contribution in [2.24, 2.45) is 11.8 Å². The summed E-state index contributed by atoms with van der Waals surface area (Å²) < 4.78 is 0. The monoisotopic (exact) mass is 294 g/mol. The molecule has 2 N–H and O–H groups in total. The standard InChI is InChI=1S/C15H22N2O4/c18-13-7-10(8-16-13)14(19)17-11-4-2-1-3-9(11)5-6-12(17)15(20)21/h9-12H,1-8H2,(H,16,18)(H,20,21). The number of carboxylic acid groups (broad SMARTS) is 1. The molecule has 0 spiro atoms. The second kappa shape index (κ2) is 5.66. The molecule has 0 aromatic rings. The second-order valence-electron chi connectivity index (χ2n) is 6.49. The number of carbonyl (C=O) groups is 3. The molecule has 21 heavy (non-hydrogen) atoms. The summed E-state index contributed by atoms with van der Waals surface area (Å²) in [6.07, 6.45) is 5.84. The summed E-state index contributed by atoms with van der Waals surface area (Å²) in [5.41, 5.74) is 0. The topological polar surface area (TPSA) is 86.7 Å². The number of carboxylic acids is 1. The summed E-state index contributed by atoms with van der Waals surface area (Å²) in [6, 6.07) is -0.663. The number of fused-ring (bicyclic) bond motifs is 1. The van der Waals surface area contributed by atoms with Crippen molar-refractivity contribution in [1.82, 2.24) is 10.2 Å². The third kappa shape index (κ3) is 2.63. The number of amides is 2. The molecule has 2 heterocycles. The largest absolute Gasteiger partial charge is 0.480 e. The second-order valence-corrected chi connectivity index (χ2v) is 6.49. The minimum absolute atomic E-state index is 0.0526. The summed E-state index contributed by atoms with van der Waals surface area (Å²) >= 11 is 0. The van der Waals surface area contributed by atoms with E-state index < -0.39 is 12.0 Å². The van der Waals surface area contributed by atoms with E-state index >= 15 is 0 Å². The SMILES string of the molecule is O=C1CC(C(=O)N2C(C(=O)O)CCC3CCCCC32)CN1. The molecule has 1 aliphatic carbocycles. The van der Waals surface area contributed by atoms with Gasteiger partial charge in [-0.1, -0.05) is 12.8 Å². The number of rotatable bonds is 2. The van der Waals surface area contributed by atoms with Gasteiger partial charge in [0.2, 0.25) is 11.8 Å². The van der Waals surface area contributed by atoms with E-state index in [0.717, 1.165) is 25.7 Å². The summed E-state index contributed by atoms with van der Waals surface area (Å²) in [7, 11) is 0. The van der Waals surface area contributed by atoms with Crippen LogP contribution in [0.4, 0.5) is 0 Å². The fourth-order valence-electron chi connectivity index (χ4n) is 4.18. The Bertz CT molecular complexity index is 465. The molecule has 116 valence electrons. The Morgan fingerprint density at radius 2 is 1.90 bits per heavy atom. The van der Waals surface area contributed by atoms with Gasteiger partial charge < -0.3 is 15.3 Å². The molecule has 0 aromatic carbocycles. The Morgan fingerprint density at radius 1 is 1.14 bits per heavy atom. The Morgan fingerprint density at radius 3 is 2.57 bits per heavy atom. The number of hydrogen-bond donors (Lipinski definition) is 2. The fraction of sp³-hybridized carbons (Fsp3) is 0.800. The molecular formula is C15H22N2O4. The lowest BCUT2D eigenvalue weighted by atomic mass is 9.75. The minimum Gasteiger partial charge on any atom is -0.480 e. The normalized spacial score (nSPS) is 36.0. The number of carbonyl (C=O) groups excluding carboxylic acids is 2. The van der Waals surface area contributed by atoms with Crippen LogP contribution in [0.15, 0.2) is 0 Å². The molecule has 2 saturated heterocycles. The van der Waals surface area contributed by atoms with Gasteiger partial charge >= 0.3 is 5.97 Å². The van der Waals surface area contributed by atoms with Gasteiger partial charge in [-0.3, -0.25) is 9.59 Å². The van der Waals surface area contributed by atoms with E-state index in [-0.39, 0.29) is 30.2 Å². The first-order chi connectivity index (χ1) is 10.1. The van der Waals surface area contributed by atoms with Gasteiger partial charge in [-0.15, -0.1) is 0 Å². The van der Waals surface area contributed by atoms with Gasteiger partial charge in [-0.05, 0) is 31.6 Å². The maximum Gasteiger partial charge on any atom is 0.326 e. The van der Waals surface area contributed by atoms with Gasteiger partial charge in [0.25, 0.3) is 0 Å². The average molecular weight is 294 g/mol. The fourth-order valence-corrected chi connectivity index (χ4v) is 4.18. The van der Waals surface area contributed by atoms with Crippen LogP contribution in [0.25, 0.3) is 0 Å². The maximum absolute atomic E-state index is 12.8. The van der Waals surface area contributed by atoms with Crippen LogP contribution in [0.1, 0.15) is 44.9 Å². The summed E-state index contributed by atoms with van der Waals surface area (Å²) in [5.74, 6) is -1.12. The molecule has 0 aromatic heterocycles. The molecular weight excluding hydrogens is 272 g/mol.